The number of morpholine rings is 1. The van der Waals surface area contributed by atoms with E-state index in [1.54, 1.807) is 40.5 Å². The first-order chi connectivity index (χ1) is 16.6. The molecule has 3 aromatic rings. The molecule has 0 aliphatic carbocycles. The number of carbonyl (C=O) groups excluding carboxylic acids is 3. The minimum Gasteiger partial charge on any atom is -0.379 e. The summed E-state index contributed by atoms with van der Waals surface area (Å²) in [5.41, 5.74) is 2.59. The molecule has 34 heavy (non-hydrogen) atoms. The van der Waals surface area contributed by atoms with Crippen LogP contribution in [-0.4, -0.2) is 60.4 Å². The molecule has 0 bridgehead atoms. The number of ether oxygens (including phenoxy) is 1. The van der Waals surface area contributed by atoms with Crippen LogP contribution in [-0.2, 0) is 22.6 Å². The van der Waals surface area contributed by atoms with Gasteiger partial charge in [0.15, 0.2) is 0 Å². The Morgan fingerprint density at radius 3 is 2.21 bits per heavy atom. The molecule has 1 fully saturated rings. The highest BCUT2D eigenvalue weighted by Crippen LogP contribution is 2.25. The third-order valence-corrected chi connectivity index (χ3v) is 6.99. The van der Waals surface area contributed by atoms with Gasteiger partial charge < -0.3 is 9.64 Å². The van der Waals surface area contributed by atoms with Crippen LogP contribution in [0.25, 0.3) is 0 Å². The average molecular weight is 476 g/mol. The summed E-state index contributed by atoms with van der Waals surface area (Å²) >= 11 is 1.56. The van der Waals surface area contributed by atoms with E-state index in [0.717, 1.165) is 53.9 Å². The van der Waals surface area contributed by atoms with Gasteiger partial charge in [0.1, 0.15) is 6.54 Å². The van der Waals surface area contributed by atoms with Crippen LogP contribution >= 0.6 is 11.3 Å². The highest BCUT2D eigenvalue weighted by molar-refractivity contribution is 7.09. The van der Waals surface area contributed by atoms with Crippen molar-refractivity contribution >= 4 is 34.7 Å². The number of benzene rings is 2. The zero-order chi connectivity index (χ0) is 23.5. The largest absolute Gasteiger partial charge is 0.379 e. The molecule has 0 atom stereocenters. The van der Waals surface area contributed by atoms with E-state index < -0.39 is 11.8 Å². The van der Waals surface area contributed by atoms with Gasteiger partial charge in [-0.3, -0.25) is 24.2 Å². The molecule has 174 valence electrons. The van der Waals surface area contributed by atoms with Gasteiger partial charge in [-0.05, 0) is 41.3 Å². The van der Waals surface area contributed by atoms with Crippen molar-refractivity contribution in [3.8, 4) is 0 Å². The summed E-state index contributed by atoms with van der Waals surface area (Å²) in [5.74, 6) is -1.15. The van der Waals surface area contributed by atoms with E-state index in [0.29, 0.717) is 17.7 Å². The predicted octanol–water partition coefficient (Wildman–Crippen LogP) is 3.41. The molecule has 2 aliphatic rings. The number of rotatable bonds is 7. The van der Waals surface area contributed by atoms with Gasteiger partial charge in [-0.2, -0.15) is 0 Å². The predicted molar refractivity (Wildman–Crippen MR) is 130 cm³/mol. The van der Waals surface area contributed by atoms with E-state index >= 15 is 0 Å². The second kappa shape index (κ2) is 9.89. The summed E-state index contributed by atoms with van der Waals surface area (Å²) in [4.78, 5) is 45.0. The summed E-state index contributed by atoms with van der Waals surface area (Å²) in [6.45, 7) is 4.22. The number of fused-ring (bicyclic) bond motifs is 1. The van der Waals surface area contributed by atoms with Gasteiger partial charge in [0.05, 0.1) is 30.9 Å². The first-order valence-electron chi connectivity index (χ1n) is 11.3. The normalized spacial score (nSPS) is 16.1. The van der Waals surface area contributed by atoms with Crippen LogP contribution in [0.4, 0.5) is 5.69 Å². The van der Waals surface area contributed by atoms with Crippen molar-refractivity contribution in [3.05, 3.63) is 87.6 Å². The van der Waals surface area contributed by atoms with E-state index in [1.165, 1.54) is 0 Å². The lowest BCUT2D eigenvalue weighted by molar-refractivity contribution is -0.119. The highest BCUT2D eigenvalue weighted by Gasteiger charge is 2.37. The Morgan fingerprint density at radius 2 is 1.59 bits per heavy atom. The third kappa shape index (κ3) is 4.65. The Labute approximate surface area is 202 Å². The van der Waals surface area contributed by atoms with Gasteiger partial charge in [0.25, 0.3) is 11.8 Å². The smallest absolute Gasteiger partial charge is 0.262 e. The molecule has 3 heterocycles. The molecule has 0 spiro atoms. The molecule has 5 rings (SSSR count). The SMILES string of the molecule is O=C1c2ccccc2C(=O)N1CC(=O)N(Cc1cccs1)c1ccc(CN2CCOCC2)cc1. The Morgan fingerprint density at radius 1 is 0.912 bits per heavy atom. The molecule has 7 nitrogen and oxygen atoms in total. The Hall–Kier alpha value is -3.33. The number of hydrogen-bond acceptors (Lipinski definition) is 6. The van der Waals surface area contributed by atoms with Crippen molar-refractivity contribution in [3.63, 3.8) is 0 Å². The number of amides is 3. The second-order valence-corrected chi connectivity index (χ2v) is 9.39. The van der Waals surface area contributed by atoms with Crippen LogP contribution in [0, 0.1) is 0 Å². The van der Waals surface area contributed by atoms with Gasteiger partial charge in [-0.1, -0.05) is 30.3 Å². The maximum Gasteiger partial charge on any atom is 0.262 e. The second-order valence-electron chi connectivity index (χ2n) is 8.36. The van der Waals surface area contributed by atoms with Crippen LogP contribution in [0.1, 0.15) is 31.2 Å². The summed E-state index contributed by atoms with van der Waals surface area (Å²) in [6.07, 6.45) is 0. The summed E-state index contributed by atoms with van der Waals surface area (Å²) in [5, 5.41) is 1.97. The topological polar surface area (TPSA) is 70.2 Å². The van der Waals surface area contributed by atoms with Crippen molar-refractivity contribution in [1.29, 1.82) is 0 Å². The van der Waals surface area contributed by atoms with Crippen molar-refractivity contribution in [1.82, 2.24) is 9.80 Å². The lowest BCUT2D eigenvalue weighted by Crippen LogP contribution is -2.42. The Balaban J connectivity index is 1.34. The third-order valence-electron chi connectivity index (χ3n) is 6.12. The number of imide groups is 1. The molecular formula is C26H25N3O4S. The van der Waals surface area contributed by atoms with Gasteiger partial charge in [-0.15, -0.1) is 11.3 Å². The van der Waals surface area contributed by atoms with Crippen molar-refractivity contribution in [2.45, 2.75) is 13.1 Å². The molecule has 0 saturated carbocycles. The van der Waals surface area contributed by atoms with Crippen molar-refractivity contribution in [2.24, 2.45) is 0 Å². The zero-order valence-corrected chi connectivity index (χ0v) is 19.5. The van der Waals surface area contributed by atoms with Crippen molar-refractivity contribution in [2.75, 3.05) is 37.7 Å². The quantitative estimate of drug-likeness (QED) is 0.490. The molecule has 2 aromatic carbocycles. The number of anilines is 1. The summed E-state index contributed by atoms with van der Waals surface area (Å²) < 4.78 is 5.42. The lowest BCUT2D eigenvalue weighted by Gasteiger charge is -2.27. The minimum absolute atomic E-state index is 0.298. The average Bonchev–Trinajstić information content (AvgIpc) is 3.47. The van der Waals surface area contributed by atoms with E-state index in [-0.39, 0.29) is 12.5 Å². The van der Waals surface area contributed by atoms with Gasteiger partial charge in [-0.25, -0.2) is 0 Å². The number of hydrogen-bond donors (Lipinski definition) is 0. The van der Waals surface area contributed by atoms with Crippen LogP contribution < -0.4 is 4.90 Å². The molecule has 3 amide bonds. The van der Waals surface area contributed by atoms with Gasteiger partial charge in [0, 0.05) is 30.2 Å². The van der Waals surface area contributed by atoms with Gasteiger partial charge >= 0.3 is 0 Å². The first-order valence-corrected chi connectivity index (χ1v) is 12.1. The van der Waals surface area contributed by atoms with E-state index in [2.05, 4.69) is 4.90 Å². The molecule has 8 heteroatoms. The summed E-state index contributed by atoms with van der Waals surface area (Å²) in [7, 11) is 0. The van der Waals surface area contributed by atoms with Crippen molar-refractivity contribution < 1.29 is 19.1 Å². The van der Waals surface area contributed by atoms with E-state index in [9.17, 15) is 14.4 Å². The van der Waals surface area contributed by atoms with Crippen LogP contribution in [0.2, 0.25) is 0 Å². The fraction of sp³-hybridized carbons (Fsp3) is 0.269. The molecule has 2 aliphatic heterocycles. The number of nitrogens with zero attached hydrogens (tertiary/aromatic N) is 3. The Kier molecular flexibility index (Phi) is 6.53. The molecule has 0 radical (unpaired) electrons. The number of carbonyl (C=O) groups is 3. The minimum atomic E-state index is -0.425. The van der Waals surface area contributed by atoms with E-state index in [4.69, 9.17) is 4.74 Å². The molecule has 0 unspecified atom stereocenters. The van der Waals surface area contributed by atoms with Crippen LogP contribution in [0.15, 0.2) is 66.0 Å². The molecular weight excluding hydrogens is 450 g/mol. The summed E-state index contributed by atoms with van der Waals surface area (Å²) in [6, 6.07) is 18.5. The van der Waals surface area contributed by atoms with Gasteiger partial charge in [0.2, 0.25) is 5.91 Å². The lowest BCUT2D eigenvalue weighted by atomic mass is 10.1. The number of thiophene rings is 1. The molecule has 1 aromatic heterocycles. The monoisotopic (exact) mass is 475 g/mol. The molecule has 1 saturated heterocycles. The Bertz CT molecular complexity index is 1150. The zero-order valence-electron chi connectivity index (χ0n) is 18.7. The van der Waals surface area contributed by atoms with Crippen LogP contribution in [0.5, 0.6) is 0 Å². The first kappa shape index (κ1) is 22.5. The van der Waals surface area contributed by atoms with E-state index in [1.807, 2.05) is 41.8 Å². The fourth-order valence-electron chi connectivity index (χ4n) is 4.28. The molecule has 0 N–H and O–H groups in total. The fourth-order valence-corrected chi connectivity index (χ4v) is 4.98. The maximum absolute atomic E-state index is 13.4. The standard InChI is InChI=1S/C26H25N3O4S/c30-24(18-29-25(31)22-5-1-2-6-23(22)26(29)32)28(17-21-4-3-15-34-21)20-9-7-19(8-10-20)16-27-11-13-33-14-12-27/h1-10,15H,11-14,16-18H2. The highest BCUT2D eigenvalue weighted by atomic mass is 32.1. The van der Waals surface area contributed by atoms with Crippen LogP contribution in [0.3, 0.4) is 0 Å². The maximum atomic E-state index is 13.4.